The highest BCUT2D eigenvalue weighted by atomic mass is 32.1. The van der Waals surface area contributed by atoms with Crippen LogP contribution in [0.15, 0.2) is 54.6 Å². The lowest BCUT2D eigenvalue weighted by molar-refractivity contribution is -0.141. The van der Waals surface area contributed by atoms with Crippen LogP contribution in [0.1, 0.15) is 41.4 Å². The molecule has 0 saturated carbocycles. The molecule has 3 aromatic rings. The Kier molecular flexibility index (Phi) is 9.49. The molecule has 2 aromatic carbocycles. The van der Waals surface area contributed by atoms with Gasteiger partial charge < -0.3 is 24.8 Å². The lowest BCUT2D eigenvalue weighted by atomic mass is 10.0. The zero-order valence-electron chi connectivity index (χ0n) is 19.4. The van der Waals surface area contributed by atoms with Crippen LogP contribution in [0.4, 0.5) is 13.2 Å². The van der Waals surface area contributed by atoms with Gasteiger partial charge in [0.15, 0.2) is 0 Å². The summed E-state index contributed by atoms with van der Waals surface area (Å²) in [6.45, 7) is -0.197. The minimum atomic E-state index is -4.45. The smallest absolute Gasteiger partial charge is 0.416 e. The van der Waals surface area contributed by atoms with Crippen LogP contribution in [0.2, 0.25) is 0 Å². The molecule has 6 nitrogen and oxygen atoms in total. The fourth-order valence-corrected chi connectivity index (χ4v) is 4.71. The number of hydrogen-bond acceptors (Lipinski definition) is 7. The molecular weight excluding hydrogens is 497 g/mol. The largest absolute Gasteiger partial charge is 0.490 e. The third kappa shape index (κ3) is 7.30. The zero-order chi connectivity index (χ0) is 26.3. The number of alkyl halides is 3. The number of carbonyl (C=O) groups excluding carboxylic acids is 1. The highest BCUT2D eigenvalue weighted by molar-refractivity contribution is 7.19. The second-order valence-electron chi connectivity index (χ2n) is 8.11. The summed E-state index contributed by atoms with van der Waals surface area (Å²) in [6.07, 6.45) is -4.11. The van der Waals surface area contributed by atoms with Gasteiger partial charge in [-0.15, -0.1) is 11.3 Å². The molecule has 194 valence electrons. The average Bonchev–Trinajstić information content (AvgIpc) is 3.24. The maximum atomic E-state index is 12.8. The SMILES string of the molecule is COC(=O)CCC[C@H](O)[C@H](O)/C=C/c1c([C@@H](O)COc2ccc(C(F)(F)F)cc2)sc2ccccc12. The minimum absolute atomic E-state index is 0.133. The normalized spacial score (nSPS) is 14.6. The Bertz CT molecular complexity index is 1170. The van der Waals surface area contributed by atoms with Crippen LogP contribution in [0.25, 0.3) is 16.2 Å². The molecule has 0 spiro atoms. The van der Waals surface area contributed by atoms with Crippen LogP contribution in [-0.2, 0) is 15.7 Å². The van der Waals surface area contributed by atoms with Crippen LogP contribution in [0.3, 0.4) is 0 Å². The van der Waals surface area contributed by atoms with Gasteiger partial charge in [-0.05, 0) is 48.7 Å². The molecule has 3 atom stereocenters. The third-order valence-electron chi connectivity index (χ3n) is 5.52. The first-order chi connectivity index (χ1) is 17.1. The number of esters is 1. The van der Waals surface area contributed by atoms with E-state index in [9.17, 15) is 33.3 Å². The number of aliphatic hydroxyl groups excluding tert-OH is 3. The standard InChI is InChI=1S/C26H27F3O6S/c1-34-24(33)8-4-6-20(30)21(31)14-13-19-18-5-2-3-7-23(18)36-25(19)22(32)15-35-17-11-9-16(10-12-17)26(27,28)29/h2-3,5,7,9-14,20-22,30-32H,4,6,8,15H2,1H3/b14-13+/t20-,21+,22-/m0/s1. The second kappa shape index (κ2) is 12.4. The Hall–Kier alpha value is -2.92. The molecule has 0 fully saturated rings. The van der Waals surface area contributed by atoms with E-state index >= 15 is 0 Å². The molecule has 1 heterocycles. The van der Waals surface area contributed by atoms with Crippen molar-refractivity contribution in [3.63, 3.8) is 0 Å². The van der Waals surface area contributed by atoms with E-state index in [0.29, 0.717) is 16.9 Å². The molecular formula is C26H27F3O6S. The van der Waals surface area contributed by atoms with Gasteiger partial charge in [-0.2, -0.15) is 13.2 Å². The van der Waals surface area contributed by atoms with E-state index < -0.39 is 36.0 Å². The number of ether oxygens (including phenoxy) is 2. The molecule has 3 N–H and O–H groups in total. The van der Waals surface area contributed by atoms with E-state index in [-0.39, 0.29) is 25.2 Å². The summed E-state index contributed by atoms with van der Waals surface area (Å²) in [5.74, 6) is -0.208. The number of fused-ring (bicyclic) bond motifs is 1. The number of benzene rings is 2. The van der Waals surface area contributed by atoms with Crippen molar-refractivity contribution < 1.29 is 42.8 Å². The second-order valence-corrected chi connectivity index (χ2v) is 9.19. The predicted octanol–water partition coefficient (Wildman–Crippen LogP) is 5.11. The van der Waals surface area contributed by atoms with Crippen LogP contribution in [-0.4, -0.2) is 47.2 Å². The summed E-state index contributed by atoms with van der Waals surface area (Å²) >= 11 is 1.33. The minimum Gasteiger partial charge on any atom is -0.490 e. The van der Waals surface area contributed by atoms with Crippen molar-refractivity contribution in [1.29, 1.82) is 0 Å². The summed E-state index contributed by atoms with van der Waals surface area (Å²) < 4.78 is 49.2. The molecule has 36 heavy (non-hydrogen) atoms. The molecule has 0 aliphatic rings. The van der Waals surface area contributed by atoms with Crippen molar-refractivity contribution in [2.75, 3.05) is 13.7 Å². The molecule has 1 aromatic heterocycles. The monoisotopic (exact) mass is 524 g/mol. The summed E-state index contributed by atoms with van der Waals surface area (Å²) in [4.78, 5) is 11.8. The number of aliphatic hydroxyl groups is 3. The van der Waals surface area contributed by atoms with Gasteiger partial charge in [0.25, 0.3) is 0 Å². The Labute approximate surface area is 210 Å². The van der Waals surface area contributed by atoms with E-state index in [2.05, 4.69) is 4.74 Å². The topological polar surface area (TPSA) is 96.2 Å². The highest BCUT2D eigenvalue weighted by Gasteiger charge is 2.30. The van der Waals surface area contributed by atoms with Gasteiger partial charge in [0.05, 0.1) is 24.9 Å². The van der Waals surface area contributed by atoms with Crippen LogP contribution in [0, 0.1) is 0 Å². The molecule has 0 bridgehead atoms. The Morgan fingerprint density at radius 3 is 2.44 bits per heavy atom. The molecule has 3 rings (SSSR count). The van der Waals surface area contributed by atoms with E-state index in [1.54, 1.807) is 6.08 Å². The zero-order valence-corrected chi connectivity index (χ0v) is 20.3. The van der Waals surface area contributed by atoms with Crippen molar-refractivity contribution in [1.82, 2.24) is 0 Å². The molecule has 0 aliphatic carbocycles. The lowest BCUT2D eigenvalue weighted by Gasteiger charge is -2.15. The number of rotatable bonds is 11. The van der Waals surface area contributed by atoms with Crippen molar-refractivity contribution in [3.05, 3.63) is 70.6 Å². The van der Waals surface area contributed by atoms with Crippen LogP contribution in [0.5, 0.6) is 5.75 Å². The highest BCUT2D eigenvalue weighted by Crippen LogP contribution is 2.37. The summed E-state index contributed by atoms with van der Waals surface area (Å²) in [5, 5.41) is 32.2. The van der Waals surface area contributed by atoms with Crippen molar-refractivity contribution in [3.8, 4) is 5.75 Å². The van der Waals surface area contributed by atoms with Gasteiger partial charge in [0, 0.05) is 21.4 Å². The van der Waals surface area contributed by atoms with Crippen molar-refractivity contribution in [2.24, 2.45) is 0 Å². The molecule has 0 radical (unpaired) electrons. The number of hydrogen-bond donors (Lipinski definition) is 3. The van der Waals surface area contributed by atoms with E-state index in [4.69, 9.17) is 4.74 Å². The maximum Gasteiger partial charge on any atom is 0.416 e. The predicted molar refractivity (Wildman–Crippen MR) is 131 cm³/mol. The van der Waals surface area contributed by atoms with Gasteiger partial charge in [-0.3, -0.25) is 4.79 Å². The van der Waals surface area contributed by atoms with Crippen molar-refractivity contribution in [2.45, 2.75) is 43.8 Å². The third-order valence-corrected chi connectivity index (χ3v) is 6.81. The Morgan fingerprint density at radius 2 is 1.78 bits per heavy atom. The maximum absolute atomic E-state index is 12.8. The Morgan fingerprint density at radius 1 is 1.08 bits per heavy atom. The average molecular weight is 525 g/mol. The van der Waals surface area contributed by atoms with E-state index in [1.165, 1.54) is 36.7 Å². The first kappa shape index (κ1) is 27.7. The van der Waals surface area contributed by atoms with Gasteiger partial charge in [-0.1, -0.05) is 30.4 Å². The van der Waals surface area contributed by atoms with E-state index in [1.807, 2.05) is 24.3 Å². The quantitative estimate of drug-likeness (QED) is 0.302. The molecule has 0 amide bonds. The molecule has 10 heteroatoms. The van der Waals surface area contributed by atoms with Crippen LogP contribution < -0.4 is 4.74 Å². The summed E-state index contributed by atoms with van der Waals surface area (Å²) in [5.41, 5.74) is -0.154. The molecule has 0 unspecified atom stereocenters. The van der Waals surface area contributed by atoms with Gasteiger partial charge >= 0.3 is 12.1 Å². The van der Waals surface area contributed by atoms with Gasteiger partial charge in [0.1, 0.15) is 18.5 Å². The first-order valence-electron chi connectivity index (χ1n) is 11.2. The van der Waals surface area contributed by atoms with E-state index in [0.717, 1.165) is 22.2 Å². The Balaban J connectivity index is 1.71. The molecule has 0 aliphatic heterocycles. The van der Waals surface area contributed by atoms with Gasteiger partial charge in [-0.25, -0.2) is 0 Å². The fourth-order valence-electron chi connectivity index (χ4n) is 3.55. The van der Waals surface area contributed by atoms with Gasteiger partial charge in [0.2, 0.25) is 0 Å². The number of carbonyl (C=O) groups is 1. The summed E-state index contributed by atoms with van der Waals surface area (Å²) in [6, 6.07) is 11.6. The first-order valence-corrected chi connectivity index (χ1v) is 12.0. The lowest BCUT2D eigenvalue weighted by Crippen LogP contribution is -2.23. The number of halogens is 3. The van der Waals surface area contributed by atoms with Crippen LogP contribution >= 0.6 is 11.3 Å². The van der Waals surface area contributed by atoms with Crippen molar-refractivity contribution >= 4 is 33.5 Å². The fraction of sp³-hybridized carbons (Fsp3) is 0.346. The number of methoxy groups -OCH3 is 1. The summed E-state index contributed by atoms with van der Waals surface area (Å²) in [7, 11) is 1.28. The number of thiophene rings is 1. The molecule has 0 saturated heterocycles.